The van der Waals surface area contributed by atoms with Gasteiger partial charge in [0.2, 0.25) is 0 Å². The van der Waals surface area contributed by atoms with E-state index in [9.17, 15) is 0 Å². The Hall–Kier alpha value is -3.78. The van der Waals surface area contributed by atoms with Crippen LogP contribution in [-0.2, 0) is 12.8 Å². The fraction of sp³-hybridized carbons (Fsp3) is 0.103. The van der Waals surface area contributed by atoms with Gasteiger partial charge in [0.1, 0.15) is 0 Å². The summed E-state index contributed by atoms with van der Waals surface area (Å²) in [7, 11) is 0. The molecule has 0 radical (unpaired) electrons. The average Bonchev–Trinajstić information content (AvgIpc) is 2.84. The lowest BCUT2D eigenvalue weighted by molar-refractivity contribution is 0.830. The summed E-state index contributed by atoms with van der Waals surface area (Å²) in [4.78, 5) is 9.41. The van der Waals surface area contributed by atoms with Gasteiger partial charge in [0.25, 0.3) is 0 Å². The molecule has 0 saturated carbocycles. The van der Waals surface area contributed by atoms with E-state index >= 15 is 0 Å². The van der Waals surface area contributed by atoms with Crippen molar-refractivity contribution >= 4 is 43.4 Å². The SMILES string of the molecule is c1cnc2c(c1)ccc1cccc(CCCc3cccc4ccc5cccnc5c34)c12. The number of hydrogen-bond acceptors (Lipinski definition) is 2. The van der Waals surface area contributed by atoms with E-state index in [4.69, 9.17) is 9.97 Å². The molecule has 0 unspecified atom stereocenters. The van der Waals surface area contributed by atoms with Gasteiger partial charge < -0.3 is 0 Å². The number of hydrogen-bond donors (Lipinski definition) is 0. The van der Waals surface area contributed by atoms with Crippen molar-refractivity contribution in [2.45, 2.75) is 19.3 Å². The number of aromatic nitrogens is 2. The van der Waals surface area contributed by atoms with Crippen LogP contribution in [0.5, 0.6) is 0 Å². The summed E-state index contributed by atoms with van der Waals surface area (Å²) in [6.45, 7) is 0. The van der Waals surface area contributed by atoms with E-state index in [0.29, 0.717) is 0 Å². The van der Waals surface area contributed by atoms with E-state index in [-0.39, 0.29) is 0 Å². The number of rotatable bonds is 4. The summed E-state index contributed by atoms with van der Waals surface area (Å²) < 4.78 is 0. The predicted octanol–water partition coefficient (Wildman–Crippen LogP) is 7.26. The highest BCUT2D eigenvalue weighted by Gasteiger charge is 2.09. The Balaban J connectivity index is 1.37. The predicted molar refractivity (Wildman–Crippen MR) is 131 cm³/mol. The summed E-state index contributed by atoms with van der Waals surface area (Å²) >= 11 is 0. The molecular formula is C29H22N2. The maximum absolute atomic E-state index is 4.70. The molecule has 0 aliphatic carbocycles. The van der Waals surface area contributed by atoms with Crippen LogP contribution in [0.4, 0.5) is 0 Å². The molecule has 0 atom stereocenters. The van der Waals surface area contributed by atoms with E-state index in [1.54, 1.807) is 0 Å². The van der Waals surface area contributed by atoms with Crippen molar-refractivity contribution in [3.05, 3.63) is 108 Å². The smallest absolute Gasteiger partial charge is 0.0783 e. The lowest BCUT2D eigenvalue weighted by Crippen LogP contribution is -1.95. The van der Waals surface area contributed by atoms with Crippen molar-refractivity contribution in [1.29, 1.82) is 0 Å². The lowest BCUT2D eigenvalue weighted by atomic mass is 9.94. The third-order valence-electron chi connectivity index (χ3n) is 6.29. The van der Waals surface area contributed by atoms with Gasteiger partial charge in [0.15, 0.2) is 0 Å². The average molecular weight is 399 g/mol. The second kappa shape index (κ2) is 7.48. The topological polar surface area (TPSA) is 25.8 Å². The minimum Gasteiger partial charge on any atom is -0.256 e. The fourth-order valence-electron chi connectivity index (χ4n) is 4.86. The Morgan fingerprint density at radius 3 is 1.42 bits per heavy atom. The van der Waals surface area contributed by atoms with Crippen LogP contribution in [0.1, 0.15) is 17.5 Å². The van der Waals surface area contributed by atoms with Gasteiger partial charge in [0.05, 0.1) is 11.0 Å². The van der Waals surface area contributed by atoms with Crippen LogP contribution in [0.25, 0.3) is 43.4 Å². The molecule has 0 saturated heterocycles. The number of fused-ring (bicyclic) bond motifs is 6. The van der Waals surface area contributed by atoms with Gasteiger partial charge in [-0.05, 0) is 53.3 Å². The van der Waals surface area contributed by atoms with Crippen LogP contribution in [-0.4, -0.2) is 9.97 Å². The van der Waals surface area contributed by atoms with Crippen molar-refractivity contribution in [3.63, 3.8) is 0 Å². The molecule has 148 valence electrons. The molecule has 0 spiro atoms. The van der Waals surface area contributed by atoms with E-state index < -0.39 is 0 Å². The zero-order valence-corrected chi connectivity index (χ0v) is 17.3. The van der Waals surface area contributed by atoms with Crippen LogP contribution >= 0.6 is 0 Å². The molecule has 0 aliphatic heterocycles. The zero-order chi connectivity index (χ0) is 20.6. The van der Waals surface area contributed by atoms with E-state index in [1.165, 1.54) is 43.4 Å². The Morgan fingerprint density at radius 1 is 0.452 bits per heavy atom. The second-order valence-electron chi connectivity index (χ2n) is 8.17. The molecule has 6 rings (SSSR count). The molecule has 0 N–H and O–H groups in total. The van der Waals surface area contributed by atoms with E-state index in [2.05, 4.69) is 72.8 Å². The molecule has 0 aliphatic rings. The first kappa shape index (κ1) is 18.0. The van der Waals surface area contributed by atoms with Crippen LogP contribution in [0.3, 0.4) is 0 Å². The number of benzene rings is 4. The lowest BCUT2D eigenvalue weighted by Gasteiger charge is -2.11. The molecule has 6 aromatic rings. The van der Waals surface area contributed by atoms with Crippen LogP contribution in [0.15, 0.2) is 97.3 Å². The highest BCUT2D eigenvalue weighted by atomic mass is 14.7. The normalized spacial score (nSPS) is 11.6. The highest BCUT2D eigenvalue weighted by molar-refractivity contribution is 6.07. The second-order valence-corrected chi connectivity index (χ2v) is 8.17. The summed E-state index contributed by atoms with van der Waals surface area (Å²) in [5.74, 6) is 0. The minimum atomic E-state index is 1.03. The van der Waals surface area contributed by atoms with Crippen molar-refractivity contribution in [1.82, 2.24) is 9.97 Å². The van der Waals surface area contributed by atoms with Gasteiger partial charge in [-0.25, -0.2) is 0 Å². The molecule has 31 heavy (non-hydrogen) atoms. The van der Waals surface area contributed by atoms with E-state index in [1.807, 2.05) is 24.5 Å². The Kier molecular flexibility index (Phi) is 4.35. The van der Waals surface area contributed by atoms with Gasteiger partial charge in [-0.1, -0.05) is 72.8 Å². The first-order valence-electron chi connectivity index (χ1n) is 10.9. The molecule has 2 heterocycles. The summed E-state index contributed by atoms with van der Waals surface area (Å²) in [6.07, 6.45) is 6.94. The van der Waals surface area contributed by atoms with Gasteiger partial charge >= 0.3 is 0 Å². The number of aryl methyl sites for hydroxylation is 2. The summed E-state index contributed by atoms with van der Waals surface area (Å²) in [5.41, 5.74) is 4.97. The fourth-order valence-corrected chi connectivity index (χ4v) is 4.86. The third-order valence-corrected chi connectivity index (χ3v) is 6.29. The largest absolute Gasteiger partial charge is 0.256 e. The van der Waals surface area contributed by atoms with Crippen LogP contribution in [0.2, 0.25) is 0 Å². The molecule has 0 amide bonds. The maximum atomic E-state index is 4.70. The molecule has 2 aromatic heterocycles. The van der Waals surface area contributed by atoms with Crippen LogP contribution < -0.4 is 0 Å². The van der Waals surface area contributed by atoms with Crippen LogP contribution in [0, 0.1) is 0 Å². The monoisotopic (exact) mass is 398 g/mol. The quantitative estimate of drug-likeness (QED) is 0.292. The van der Waals surface area contributed by atoms with E-state index in [0.717, 1.165) is 30.3 Å². The Bertz CT molecular complexity index is 1450. The van der Waals surface area contributed by atoms with Crippen molar-refractivity contribution in [3.8, 4) is 0 Å². The number of nitrogens with zero attached hydrogens (tertiary/aromatic N) is 2. The van der Waals surface area contributed by atoms with Gasteiger partial charge in [-0.15, -0.1) is 0 Å². The highest BCUT2D eigenvalue weighted by Crippen LogP contribution is 2.30. The van der Waals surface area contributed by atoms with Crippen molar-refractivity contribution in [2.75, 3.05) is 0 Å². The standard InChI is InChI=1S/C29H22N2/c1(6-20-8-2-10-22-14-16-24-12-4-18-30-28(24)26(20)22)7-21-9-3-11-23-15-17-25-13-5-19-31-29(25)27(21)23/h2-5,8-19H,1,6-7H2. The van der Waals surface area contributed by atoms with Gasteiger partial charge in [0, 0.05) is 33.9 Å². The number of pyridine rings is 2. The third kappa shape index (κ3) is 3.12. The molecule has 2 heteroatoms. The molecular weight excluding hydrogens is 376 g/mol. The summed E-state index contributed by atoms with van der Waals surface area (Å²) in [6, 6.07) is 30.3. The van der Waals surface area contributed by atoms with Gasteiger partial charge in [-0.3, -0.25) is 9.97 Å². The molecule has 4 aromatic carbocycles. The first-order chi connectivity index (χ1) is 15.4. The maximum Gasteiger partial charge on any atom is 0.0783 e. The molecule has 2 nitrogen and oxygen atoms in total. The first-order valence-corrected chi connectivity index (χ1v) is 10.9. The minimum absolute atomic E-state index is 1.03. The Labute approximate surface area is 181 Å². The van der Waals surface area contributed by atoms with Gasteiger partial charge in [-0.2, -0.15) is 0 Å². The molecule has 0 fully saturated rings. The Morgan fingerprint density at radius 2 is 0.903 bits per heavy atom. The zero-order valence-electron chi connectivity index (χ0n) is 17.3. The van der Waals surface area contributed by atoms with Crippen molar-refractivity contribution < 1.29 is 0 Å². The summed E-state index contributed by atoms with van der Waals surface area (Å²) in [5, 5.41) is 7.53. The van der Waals surface area contributed by atoms with Crippen molar-refractivity contribution in [2.24, 2.45) is 0 Å². The molecule has 0 bridgehead atoms.